The molecule has 0 aromatic carbocycles. The molecule has 22 heavy (non-hydrogen) atoms. The second-order valence-electron chi connectivity index (χ2n) is 5.81. The maximum absolute atomic E-state index is 11.1. The molecule has 6 heteroatoms. The molecule has 0 bridgehead atoms. The van der Waals surface area contributed by atoms with E-state index in [1.165, 1.54) is 9.75 Å². The molecule has 2 rings (SSSR count). The fourth-order valence-corrected chi connectivity index (χ4v) is 3.67. The number of hydrogen-bond donors (Lipinski definition) is 2. The molecule has 0 radical (unpaired) electrons. The van der Waals surface area contributed by atoms with Crippen LogP contribution in [0.25, 0.3) is 0 Å². The summed E-state index contributed by atoms with van der Waals surface area (Å²) in [5.74, 6) is 1.09. The number of thiophene rings is 1. The Morgan fingerprint density at radius 1 is 1.55 bits per heavy atom. The summed E-state index contributed by atoms with van der Waals surface area (Å²) in [4.78, 5) is 20.8. The average molecular weight is 322 g/mol. The molecular formula is C16H26N4OS. The van der Waals surface area contributed by atoms with Gasteiger partial charge in [0.1, 0.15) is 0 Å². The summed E-state index contributed by atoms with van der Waals surface area (Å²) in [5, 5.41) is 3.37. The number of nitrogens with two attached hydrogens (primary N) is 1. The van der Waals surface area contributed by atoms with Crippen LogP contribution >= 0.6 is 11.3 Å². The Kier molecular flexibility index (Phi) is 6.24. The topological polar surface area (TPSA) is 70.7 Å². The standard InChI is InChI=1S/C16H26N4OS/c1-3-18-16(19-10-14-7-6-12(2)22-14)20-8-4-5-13(11-20)9-15(17)21/h6-7,13H,3-5,8-11H2,1-2H3,(H2,17,21)(H,18,19). The number of aryl methyl sites for hydroxylation is 1. The Morgan fingerprint density at radius 3 is 3.00 bits per heavy atom. The number of amides is 1. The lowest BCUT2D eigenvalue weighted by Crippen LogP contribution is -2.47. The van der Waals surface area contributed by atoms with Crippen molar-refractivity contribution in [3.8, 4) is 0 Å². The van der Waals surface area contributed by atoms with Crippen LogP contribution in [0.4, 0.5) is 0 Å². The number of aliphatic imine (C=N–C) groups is 1. The summed E-state index contributed by atoms with van der Waals surface area (Å²) in [5.41, 5.74) is 5.34. The highest BCUT2D eigenvalue weighted by atomic mass is 32.1. The van der Waals surface area contributed by atoms with E-state index in [4.69, 9.17) is 10.7 Å². The minimum absolute atomic E-state index is 0.206. The Labute approximate surface area is 136 Å². The van der Waals surface area contributed by atoms with E-state index in [0.29, 0.717) is 18.9 Å². The van der Waals surface area contributed by atoms with Gasteiger partial charge in [0.05, 0.1) is 6.54 Å². The molecule has 3 N–H and O–H groups in total. The first-order valence-corrected chi connectivity index (χ1v) is 8.77. The zero-order chi connectivity index (χ0) is 15.9. The second-order valence-corrected chi connectivity index (χ2v) is 7.18. The van der Waals surface area contributed by atoms with Crippen LogP contribution in [0.5, 0.6) is 0 Å². The van der Waals surface area contributed by atoms with Crippen molar-refractivity contribution in [2.24, 2.45) is 16.6 Å². The molecule has 2 heterocycles. The first-order chi connectivity index (χ1) is 10.6. The van der Waals surface area contributed by atoms with Crippen LogP contribution in [0, 0.1) is 12.8 Å². The van der Waals surface area contributed by atoms with Gasteiger partial charge < -0.3 is 16.0 Å². The van der Waals surface area contributed by atoms with Gasteiger partial charge in [0.15, 0.2) is 5.96 Å². The SMILES string of the molecule is CCNC(=NCc1ccc(C)s1)N1CCCC(CC(N)=O)C1. The Hall–Kier alpha value is -1.56. The molecule has 1 saturated heterocycles. The van der Waals surface area contributed by atoms with E-state index >= 15 is 0 Å². The van der Waals surface area contributed by atoms with Gasteiger partial charge in [-0.05, 0) is 44.7 Å². The normalized spacial score (nSPS) is 19.3. The fraction of sp³-hybridized carbons (Fsp3) is 0.625. The summed E-state index contributed by atoms with van der Waals surface area (Å²) in [6, 6.07) is 4.27. The van der Waals surface area contributed by atoms with Gasteiger partial charge in [0.25, 0.3) is 0 Å². The first-order valence-electron chi connectivity index (χ1n) is 7.95. The van der Waals surface area contributed by atoms with Crippen LogP contribution in [0.15, 0.2) is 17.1 Å². The van der Waals surface area contributed by atoms with Crippen molar-refractivity contribution in [2.45, 2.75) is 39.7 Å². The summed E-state index contributed by atoms with van der Waals surface area (Å²) in [6.45, 7) is 7.59. The van der Waals surface area contributed by atoms with Crippen molar-refractivity contribution < 1.29 is 4.79 Å². The molecule has 1 fully saturated rings. The molecule has 122 valence electrons. The average Bonchev–Trinajstić information content (AvgIpc) is 2.88. The molecule has 1 atom stereocenters. The van der Waals surface area contributed by atoms with Crippen molar-refractivity contribution in [1.82, 2.24) is 10.2 Å². The minimum Gasteiger partial charge on any atom is -0.370 e. The highest BCUT2D eigenvalue weighted by Gasteiger charge is 2.23. The summed E-state index contributed by atoms with van der Waals surface area (Å²) < 4.78 is 0. The molecule has 1 aromatic heterocycles. The molecule has 1 unspecified atom stereocenters. The van der Waals surface area contributed by atoms with Gasteiger partial charge in [-0.3, -0.25) is 4.79 Å². The summed E-state index contributed by atoms with van der Waals surface area (Å²) in [7, 11) is 0. The van der Waals surface area contributed by atoms with E-state index in [9.17, 15) is 4.79 Å². The van der Waals surface area contributed by atoms with Gasteiger partial charge in [-0.15, -0.1) is 11.3 Å². The van der Waals surface area contributed by atoms with Gasteiger partial charge in [-0.2, -0.15) is 0 Å². The molecule has 5 nitrogen and oxygen atoms in total. The predicted molar refractivity (Wildman–Crippen MR) is 92.0 cm³/mol. The number of guanidine groups is 1. The highest BCUT2D eigenvalue weighted by Crippen LogP contribution is 2.20. The summed E-state index contributed by atoms with van der Waals surface area (Å²) in [6.07, 6.45) is 2.63. The van der Waals surface area contributed by atoms with Crippen molar-refractivity contribution in [1.29, 1.82) is 0 Å². The first kappa shape index (κ1) is 16.8. The van der Waals surface area contributed by atoms with Crippen LogP contribution in [0.1, 0.15) is 35.9 Å². The lowest BCUT2D eigenvalue weighted by molar-refractivity contribution is -0.119. The predicted octanol–water partition coefficient (Wildman–Crippen LogP) is 2.11. The molecule has 0 saturated carbocycles. The zero-order valence-corrected chi connectivity index (χ0v) is 14.3. The van der Waals surface area contributed by atoms with Crippen molar-refractivity contribution in [3.05, 3.63) is 21.9 Å². The van der Waals surface area contributed by atoms with Crippen LogP contribution in [0.3, 0.4) is 0 Å². The number of carbonyl (C=O) groups is 1. The number of nitrogens with one attached hydrogen (secondary N) is 1. The van der Waals surface area contributed by atoms with E-state index in [-0.39, 0.29) is 5.91 Å². The third-order valence-electron chi connectivity index (χ3n) is 3.82. The van der Waals surface area contributed by atoms with E-state index in [1.54, 1.807) is 11.3 Å². The van der Waals surface area contributed by atoms with E-state index in [2.05, 4.69) is 36.2 Å². The smallest absolute Gasteiger partial charge is 0.217 e. The van der Waals surface area contributed by atoms with Gasteiger partial charge in [-0.25, -0.2) is 4.99 Å². The van der Waals surface area contributed by atoms with Gasteiger partial charge >= 0.3 is 0 Å². The molecule has 1 amide bonds. The Bertz CT molecular complexity index is 526. The zero-order valence-electron chi connectivity index (χ0n) is 13.5. The van der Waals surface area contributed by atoms with Crippen LogP contribution in [0.2, 0.25) is 0 Å². The van der Waals surface area contributed by atoms with E-state index in [0.717, 1.165) is 38.4 Å². The minimum atomic E-state index is -0.206. The lowest BCUT2D eigenvalue weighted by atomic mass is 9.95. The van der Waals surface area contributed by atoms with Gasteiger partial charge in [0.2, 0.25) is 5.91 Å². The number of rotatable bonds is 5. The second kappa shape index (κ2) is 8.17. The third-order valence-corrected chi connectivity index (χ3v) is 4.81. The molecule has 0 aliphatic carbocycles. The highest BCUT2D eigenvalue weighted by molar-refractivity contribution is 7.11. The molecule has 1 aliphatic heterocycles. The van der Waals surface area contributed by atoms with Crippen LogP contribution in [-0.2, 0) is 11.3 Å². The van der Waals surface area contributed by atoms with Crippen LogP contribution < -0.4 is 11.1 Å². The number of carbonyl (C=O) groups excluding carboxylic acids is 1. The van der Waals surface area contributed by atoms with Crippen molar-refractivity contribution in [3.63, 3.8) is 0 Å². The quantitative estimate of drug-likeness (QED) is 0.644. The number of primary amides is 1. The van der Waals surface area contributed by atoms with Gasteiger partial charge in [-0.1, -0.05) is 0 Å². The lowest BCUT2D eigenvalue weighted by Gasteiger charge is -2.34. The number of nitrogens with zero attached hydrogens (tertiary/aromatic N) is 2. The van der Waals surface area contributed by atoms with E-state index in [1.807, 2.05) is 0 Å². The Morgan fingerprint density at radius 2 is 2.36 bits per heavy atom. The largest absolute Gasteiger partial charge is 0.370 e. The Balaban J connectivity index is 2.01. The molecular weight excluding hydrogens is 296 g/mol. The molecule has 1 aromatic rings. The van der Waals surface area contributed by atoms with Gasteiger partial charge in [0, 0.05) is 35.8 Å². The summed E-state index contributed by atoms with van der Waals surface area (Å²) >= 11 is 1.79. The maximum atomic E-state index is 11.1. The number of likely N-dealkylation sites (tertiary alicyclic amines) is 1. The van der Waals surface area contributed by atoms with E-state index < -0.39 is 0 Å². The number of hydrogen-bond acceptors (Lipinski definition) is 3. The third kappa shape index (κ3) is 5.02. The van der Waals surface area contributed by atoms with Crippen molar-refractivity contribution in [2.75, 3.05) is 19.6 Å². The maximum Gasteiger partial charge on any atom is 0.217 e. The fourth-order valence-electron chi connectivity index (χ4n) is 2.86. The molecule has 1 aliphatic rings. The van der Waals surface area contributed by atoms with Crippen LogP contribution in [-0.4, -0.2) is 36.4 Å². The monoisotopic (exact) mass is 322 g/mol. The van der Waals surface area contributed by atoms with Crippen molar-refractivity contribution >= 4 is 23.2 Å². The molecule has 0 spiro atoms. The number of piperidine rings is 1.